The van der Waals surface area contributed by atoms with Gasteiger partial charge in [0.05, 0.1) is 0 Å². The Hall–Kier alpha value is -2.28. The number of hydrogen-bond acceptors (Lipinski definition) is 5. The second kappa shape index (κ2) is 9.60. The number of nitrogens with one attached hydrogen (secondary N) is 1. The van der Waals surface area contributed by atoms with Crippen molar-refractivity contribution < 1.29 is 24.2 Å². The van der Waals surface area contributed by atoms with Crippen molar-refractivity contribution in [2.45, 2.75) is 51.7 Å². The van der Waals surface area contributed by atoms with Gasteiger partial charge in [-0.3, -0.25) is 4.90 Å². The van der Waals surface area contributed by atoms with Crippen molar-refractivity contribution in [2.75, 3.05) is 26.2 Å². The Balaban J connectivity index is 1.96. The van der Waals surface area contributed by atoms with Crippen LogP contribution in [-0.2, 0) is 16.0 Å². The minimum Gasteiger partial charge on any atom is -0.492 e. The van der Waals surface area contributed by atoms with Gasteiger partial charge in [0.15, 0.2) is 0 Å². The minimum absolute atomic E-state index is 0.120. The van der Waals surface area contributed by atoms with Crippen LogP contribution in [0.5, 0.6) is 5.75 Å². The molecule has 150 valence electrons. The first-order chi connectivity index (χ1) is 12.7. The average molecular weight is 378 g/mol. The zero-order valence-corrected chi connectivity index (χ0v) is 16.4. The molecule has 1 saturated heterocycles. The topological polar surface area (TPSA) is 88.1 Å². The maximum atomic E-state index is 11.9. The van der Waals surface area contributed by atoms with Crippen LogP contribution in [0.4, 0.5) is 4.79 Å². The summed E-state index contributed by atoms with van der Waals surface area (Å²) in [5.74, 6) is -0.471. The molecule has 1 unspecified atom stereocenters. The summed E-state index contributed by atoms with van der Waals surface area (Å²) in [5.41, 5.74) is 0.0476. The number of carboxylic acid groups (broad SMARTS) is 1. The van der Waals surface area contributed by atoms with Gasteiger partial charge in [-0.05, 0) is 58.3 Å². The van der Waals surface area contributed by atoms with E-state index in [-0.39, 0.29) is 6.42 Å². The summed E-state index contributed by atoms with van der Waals surface area (Å²) < 4.78 is 11.0. The Kier molecular flexibility index (Phi) is 7.47. The molecule has 0 radical (unpaired) electrons. The van der Waals surface area contributed by atoms with Gasteiger partial charge in [0.2, 0.25) is 0 Å². The van der Waals surface area contributed by atoms with E-state index in [1.165, 1.54) is 12.8 Å². The molecule has 1 heterocycles. The van der Waals surface area contributed by atoms with Crippen molar-refractivity contribution in [1.82, 2.24) is 10.2 Å². The molecule has 1 aromatic carbocycles. The van der Waals surface area contributed by atoms with Gasteiger partial charge in [0, 0.05) is 13.0 Å². The van der Waals surface area contributed by atoms with Crippen LogP contribution in [0.1, 0.15) is 39.2 Å². The average Bonchev–Trinajstić information content (AvgIpc) is 3.07. The molecule has 0 saturated carbocycles. The van der Waals surface area contributed by atoms with Crippen LogP contribution in [0.3, 0.4) is 0 Å². The molecule has 0 aromatic heterocycles. The van der Waals surface area contributed by atoms with Crippen molar-refractivity contribution in [3.05, 3.63) is 29.8 Å². The molecule has 1 aliphatic heterocycles. The normalized spacial score (nSPS) is 16.0. The number of para-hydroxylation sites is 1. The van der Waals surface area contributed by atoms with Crippen molar-refractivity contribution in [2.24, 2.45) is 0 Å². The molecule has 7 heteroatoms. The Morgan fingerprint density at radius 2 is 1.89 bits per heavy atom. The number of carbonyl (C=O) groups excluding carboxylic acids is 1. The summed E-state index contributed by atoms with van der Waals surface area (Å²) in [6.07, 6.45) is 1.83. The van der Waals surface area contributed by atoms with E-state index in [4.69, 9.17) is 9.47 Å². The number of alkyl carbamates (subject to hydrolysis) is 1. The van der Waals surface area contributed by atoms with E-state index in [1.807, 2.05) is 24.3 Å². The highest BCUT2D eigenvalue weighted by Gasteiger charge is 2.25. The highest BCUT2D eigenvalue weighted by atomic mass is 16.6. The second-order valence-electron chi connectivity index (χ2n) is 7.75. The molecule has 1 amide bonds. The molecule has 27 heavy (non-hydrogen) atoms. The van der Waals surface area contributed by atoms with E-state index in [0.29, 0.717) is 12.4 Å². The van der Waals surface area contributed by atoms with E-state index in [0.717, 1.165) is 25.2 Å². The number of amides is 1. The number of carboxylic acids is 1. The fourth-order valence-electron chi connectivity index (χ4n) is 2.97. The largest absolute Gasteiger partial charge is 0.492 e. The first kappa shape index (κ1) is 21.0. The van der Waals surface area contributed by atoms with Gasteiger partial charge in [-0.25, -0.2) is 9.59 Å². The Bertz CT molecular complexity index is 636. The number of nitrogens with zero attached hydrogens (tertiary/aromatic N) is 1. The fraction of sp³-hybridized carbons (Fsp3) is 0.600. The summed E-state index contributed by atoms with van der Waals surface area (Å²) in [4.78, 5) is 25.9. The van der Waals surface area contributed by atoms with E-state index < -0.39 is 23.7 Å². The van der Waals surface area contributed by atoms with Crippen molar-refractivity contribution in [3.8, 4) is 5.75 Å². The summed E-state index contributed by atoms with van der Waals surface area (Å²) in [6, 6.07) is 6.23. The molecule has 1 aromatic rings. The molecule has 0 aliphatic carbocycles. The van der Waals surface area contributed by atoms with Crippen LogP contribution in [0, 0.1) is 0 Å². The smallest absolute Gasteiger partial charge is 0.408 e. The predicted octanol–water partition coefficient (Wildman–Crippen LogP) is 2.68. The standard InChI is InChI=1S/C20H30N2O5/c1-20(2,3)27-19(25)21-16(18(23)24)14-15-8-4-5-9-17(15)26-13-12-22-10-6-7-11-22/h4-5,8-9,16H,6-7,10-14H2,1-3H3,(H,21,25)(H,23,24). The number of likely N-dealkylation sites (tertiary alicyclic amines) is 1. The van der Waals surface area contributed by atoms with Crippen molar-refractivity contribution in [1.29, 1.82) is 0 Å². The zero-order chi connectivity index (χ0) is 19.9. The molecule has 1 fully saturated rings. The number of aliphatic carboxylic acids is 1. The third-order valence-electron chi connectivity index (χ3n) is 4.25. The summed E-state index contributed by atoms with van der Waals surface area (Å²) in [7, 11) is 0. The van der Waals surface area contributed by atoms with Gasteiger partial charge in [-0.2, -0.15) is 0 Å². The third kappa shape index (κ3) is 7.46. The first-order valence-corrected chi connectivity index (χ1v) is 9.40. The van der Waals surface area contributed by atoms with Crippen molar-refractivity contribution in [3.63, 3.8) is 0 Å². The maximum absolute atomic E-state index is 11.9. The van der Waals surface area contributed by atoms with Crippen LogP contribution >= 0.6 is 0 Å². The Labute approximate surface area is 160 Å². The van der Waals surface area contributed by atoms with E-state index in [1.54, 1.807) is 20.8 Å². The number of benzene rings is 1. The Morgan fingerprint density at radius 3 is 2.52 bits per heavy atom. The monoisotopic (exact) mass is 378 g/mol. The zero-order valence-electron chi connectivity index (χ0n) is 16.4. The van der Waals surface area contributed by atoms with E-state index in [9.17, 15) is 14.7 Å². The lowest BCUT2D eigenvalue weighted by Gasteiger charge is -2.22. The van der Waals surface area contributed by atoms with Gasteiger partial charge in [-0.1, -0.05) is 18.2 Å². The highest BCUT2D eigenvalue weighted by molar-refractivity contribution is 5.80. The number of rotatable bonds is 8. The second-order valence-corrected chi connectivity index (χ2v) is 7.75. The molecule has 0 spiro atoms. The first-order valence-electron chi connectivity index (χ1n) is 9.40. The molecule has 2 rings (SSSR count). The van der Waals surface area contributed by atoms with Crippen LogP contribution in [0.2, 0.25) is 0 Å². The predicted molar refractivity (Wildman–Crippen MR) is 102 cm³/mol. The SMILES string of the molecule is CC(C)(C)OC(=O)NC(Cc1ccccc1OCCN1CCCC1)C(=O)O. The summed E-state index contributed by atoms with van der Waals surface area (Å²) in [6.45, 7) is 8.79. The molecule has 0 bridgehead atoms. The third-order valence-corrected chi connectivity index (χ3v) is 4.25. The van der Waals surface area contributed by atoms with Gasteiger partial charge in [0.1, 0.15) is 24.0 Å². The van der Waals surface area contributed by atoms with E-state index >= 15 is 0 Å². The van der Waals surface area contributed by atoms with Gasteiger partial charge in [-0.15, -0.1) is 0 Å². The number of ether oxygens (including phenoxy) is 2. The Morgan fingerprint density at radius 1 is 1.22 bits per heavy atom. The van der Waals surface area contributed by atoms with Crippen LogP contribution in [0.15, 0.2) is 24.3 Å². The highest BCUT2D eigenvalue weighted by Crippen LogP contribution is 2.20. The van der Waals surface area contributed by atoms with Crippen molar-refractivity contribution >= 4 is 12.1 Å². The lowest BCUT2D eigenvalue weighted by molar-refractivity contribution is -0.139. The quantitative estimate of drug-likeness (QED) is 0.723. The number of hydrogen-bond donors (Lipinski definition) is 2. The molecular weight excluding hydrogens is 348 g/mol. The molecule has 1 aliphatic rings. The maximum Gasteiger partial charge on any atom is 0.408 e. The minimum atomic E-state index is -1.12. The van der Waals surface area contributed by atoms with Gasteiger partial charge in [0.25, 0.3) is 0 Å². The molecule has 2 N–H and O–H groups in total. The summed E-state index contributed by atoms with van der Waals surface area (Å²) in [5, 5.41) is 11.9. The molecule has 1 atom stereocenters. The van der Waals surface area contributed by atoms with Crippen LogP contribution in [-0.4, -0.2) is 60.0 Å². The molecule has 7 nitrogen and oxygen atoms in total. The van der Waals surface area contributed by atoms with Gasteiger partial charge < -0.3 is 19.9 Å². The lowest BCUT2D eigenvalue weighted by Crippen LogP contribution is -2.44. The van der Waals surface area contributed by atoms with E-state index in [2.05, 4.69) is 10.2 Å². The van der Waals surface area contributed by atoms with Gasteiger partial charge >= 0.3 is 12.1 Å². The lowest BCUT2D eigenvalue weighted by atomic mass is 10.1. The fourth-order valence-corrected chi connectivity index (χ4v) is 2.97. The van der Waals surface area contributed by atoms with Crippen LogP contribution in [0.25, 0.3) is 0 Å². The summed E-state index contributed by atoms with van der Waals surface area (Å²) >= 11 is 0. The number of carbonyl (C=O) groups is 2. The van der Waals surface area contributed by atoms with Crippen LogP contribution < -0.4 is 10.1 Å². The molecular formula is C20H30N2O5.